The fraction of sp³-hybridized carbons (Fsp3) is 0.353. The first-order valence-electron chi connectivity index (χ1n) is 8.39. The number of hydrogen-bond donors (Lipinski definition) is 3. The van der Waals surface area contributed by atoms with Crippen molar-refractivity contribution in [1.82, 2.24) is 15.3 Å². The van der Waals surface area contributed by atoms with Crippen LogP contribution in [0.2, 0.25) is 0 Å². The number of anilines is 1. The molecule has 1 saturated heterocycles. The minimum Gasteiger partial charge on any atom is -0.484 e. The summed E-state index contributed by atoms with van der Waals surface area (Å²) in [6.45, 7) is 2.10. The van der Waals surface area contributed by atoms with Gasteiger partial charge < -0.3 is 15.9 Å². The fourth-order valence-corrected chi connectivity index (χ4v) is 2.83. The normalized spacial score (nSPS) is 15.3. The monoisotopic (exact) mass is 359 g/mol. The van der Waals surface area contributed by atoms with Gasteiger partial charge in [-0.25, -0.2) is 20.2 Å². The van der Waals surface area contributed by atoms with Crippen LogP contribution in [0.15, 0.2) is 35.6 Å². The molecule has 0 unspecified atom stereocenters. The maximum atomic E-state index is 14.2. The highest BCUT2D eigenvalue weighted by Gasteiger charge is 2.18. The minimum absolute atomic E-state index is 0.119. The average Bonchev–Trinajstić information content (AvgIpc) is 2.68. The van der Waals surface area contributed by atoms with Crippen LogP contribution in [0.1, 0.15) is 30.3 Å². The molecule has 2 aromatic rings. The Morgan fingerprint density at radius 3 is 2.88 bits per heavy atom. The van der Waals surface area contributed by atoms with E-state index in [1.807, 2.05) is 0 Å². The van der Waals surface area contributed by atoms with Crippen molar-refractivity contribution in [2.45, 2.75) is 25.4 Å². The number of hydrogen-bond acceptors (Lipinski definition) is 7. The third-order valence-electron chi connectivity index (χ3n) is 4.22. The smallest absolute Gasteiger partial charge is 0.167 e. The van der Waals surface area contributed by atoms with Gasteiger partial charge in [0.05, 0.1) is 11.4 Å². The lowest BCUT2D eigenvalue weighted by Crippen LogP contribution is -2.29. The summed E-state index contributed by atoms with van der Waals surface area (Å²) >= 11 is 0. The number of nitrogens with one attached hydrogen (secondary N) is 1. The molecular weight excluding hydrogens is 337 g/mol. The van der Waals surface area contributed by atoms with Gasteiger partial charge in [0.2, 0.25) is 0 Å². The number of aromatic nitrogens is 2. The number of benzene rings is 1. The van der Waals surface area contributed by atoms with Crippen LogP contribution in [-0.2, 0) is 6.61 Å². The number of ether oxygens (including phenoxy) is 1. The Morgan fingerprint density at radius 1 is 1.35 bits per heavy atom. The maximum absolute atomic E-state index is 14.2. The molecule has 0 saturated carbocycles. The zero-order chi connectivity index (χ0) is 18.4. The molecule has 138 valence electrons. The molecule has 3 rings (SSSR count). The van der Waals surface area contributed by atoms with Gasteiger partial charge in [0.25, 0.3) is 0 Å². The van der Waals surface area contributed by atoms with Gasteiger partial charge in [-0.1, -0.05) is 0 Å². The number of hydrazine groups is 1. The highest BCUT2D eigenvalue weighted by molar-refractivity contribution is 5.77. The molecule has 1 aromatic heterocycles. The number of nitrogens with zero attached hydrogens (tertiary/aromatic N) is 4. The van der Waals surface area contributed by atoms with E-state index in [0.29, 0.717) is 17.3 Å². The third kappa shape index (κ3) is 4.44. The summed E-state index contributed by atoms with van der Waals surface area (Å²) in [5.41, 5.74) is 1.12. The van der Waals surface area contributed by atoms with Crippen molar-refractivity contribution < 1.29 is 9.13 Å². The van der Waals surface area contributed by atoms with Gasteiger partial charge >= 0.3 is 0 Å². The lowest BCUT2D eigenvalue weighted by Gasteiger charge is -2.21. The van der Waals surface area contributed by atoms with Crippen LogP contribution >= 0.6 is 0 Å². The van der Waals surface area contributed by atoms with Crippen molar-refractivity contribution in [3.63, 3.8) is 0 Å². The molecule has 1 fully saturated rings. The molecule has 0 amide bonds. The van der Waals surface area contributed by atoms with Gasteiger partial charge in [0.1, 0.15) is 18.8 Å². The molecule has 9 heteroatoms. The second-order valence-corrected chi connectivity index (χ2v) is 6.01. The quantitative estimate of drug-likeness (QED) is 0.308. The van der Waals surface area contributed by atoms with Crippen LogP contribution in [0.25, 0.3) is 0 Å². The Bertz CT molecular complexity index is 765. The van der Waals surface area contributed by atoms with E-state index in [2.05, 4.69) is 20.4 Å². The Kier molecular flexibility index (Phi) is 5.92. The standard InChI is InChI=1S/C17H22FN7O/c18-15-9-14(25(20)11-23-19)1-2-16(15)26-10-13-5-8-22-17(24-13)12-3-6-21-7-4-12/h1-2,5,8-9,11-12,21H,3-4,6-7,10,19-20H2/b23-11-. The zero-order valence-corrected chi connectivity index (χ0v) is 14.3. The first-order chi connectivity index (χ1) is 12.7. The Morgan fingerprint density at radius 2 is 2.15 bits per heavy atom. The summed E-state index contributed by atoms with van der Waals surface area (Å²) in [5.74, 6) is 11.4. The summed E-state index contributed by atoms with van der Waals surface area (Å²) in [6, 6.07) is 6.14. The Labute approximate surface area is 151 Å². The second kappa shape index (κ2) is 8.54. The van der Waals surface area contributed by atoms with E-state index in [4.69, 9.17) is 16.4 Å². The van der Waals surface area contributed by atoms with E-state index < -0.39 is 5.82 Å². The van der Waals surface area contributed by atoms with Crippen LogP contribution in [0.5, 0.6) is 5.75 Å². The van der Waals surface area contributed by atoms with Crippen LogP contribution in [0.3, 0.4) is 0 Å². The molecule has 1 aromatic carbocycles. The van der Waals surface area contributed by atoms with Crippen LogP contribution in [0.4, 0.5) is 10.1 Å². The van der Waals surface area contributed by atoms with Gasteiger partial charge in [-0.2, -0.15) is 5.10 Å². The van der Waals surface area contributed by atoms with Gasteiger partial charge in [0.15, 0.2) is 11.6 Å². The van der Waals surface area contributed by atoms with E-state index in [0.717, 1.165) is 36.8 Å². The Hall–Kier alpha value is -2.78. The van der Waals surface area contributed by atoms with Crippen LogP contribution < -0.4 is 26.7 Å². The number of nitrogens with two attached hydrogens (primary N) is 2. The number of hydrazone groups is 1. The molecule has 0 bridgehead atoms. The first-order valence-corrected chi connectivity index (χ1v) is 8.39. The molecule has 0 atom stereocenters. The highest BCUT2D eigenvalue weighted by atomic mass is 19.1. The Balaban J connectivity index is 1.65. The maximum Gasteiger partial charge on any atom is 0.167 e. The summed E-state index contributed by atoms with van der Waals surface area (Å²) in [4.78, 5) is 8.94. The molecular formula is C17H22FN7O. The fourth-order valence-electron chi connectivity index (χ4n) is 2.83. The summed E-state index contributed by atoms with van der Waals surface area (Å²) in [7, 11) is 0. The molecule has 2 heterocycles. The third-order valence-corrected chi connectivity index (χ3v) is 4.22. The van der Waals surface area contributed by atoms with Crippen molar-refractivity contribution in [2.75, 3.05) is 18.1 Å². The summed E-state index contributed by atoms with van der Waals surface area (Å²) < 4.78 is 19.8. The molecule has 1 aliphatic heterocycles. The number of rotatable bonds is 6. The lowest BCUT2D eigenvalue weighted by molar-refractivity contribution is 0.284. The van der Waals surface area contributed by atoms with Crippen LogP contribution in [0, 0.1) is 5.82 Å². The molecule has 5 N–H and O–H groups in total. The molecule has 1 aliphatic rings. The second-order valence-electron chi connectivity index (χ2n) is 6.01. The predicted octanol–water partition coefficient (Wildman–Crippen LogP) is 1.24. The van der Waals surface area contributed by atoms with Crippen molar-refractivity contribution in [3.05, 3.63) is 47.8 Å². The number of piperidine rings is 1. The van der Waals surface area contributed by atoms with Crippen molar-refractivity contribution >= 4 is 12.0 Å². The topological polar surface area (TPSA) is 115 Å². The van der Waals surface area contributed by atoms with E-state index in [-0.39, 0.29) is 12.4 Å². The van der Waals surface area contributed by atoms with Crippen molar-refractivity contribution in [2.24, 2.45) is 16.8 Å². The number of halogens is 1. The predicted molar refractivity (Wildman–Crippen MR) is 97.0 cm³/mol. The SMILES string of the molecule is N/N=C\N(N)c1ccc(OCc2ccnc(C3CCNCC3)n2)c(F)c1. The van der Waals surface area contributed by atoms with E-state index >= 15 is 0 Å². The van der Waals surface area contributed by atoms with Gasteiger partial charge in [-0.15, -0.1) is 0 Å². The minimum atomic E-state index is -0.531. The van der Waals surface area contributed by atoms with E-state index in [1.165, 1.54) is 18.5 Å². The summed E-state index contributed by atoms with van der Waals surface area (Å²) in [5, 5.41) is 7.73. The van der Waals surface area contributed by atoms with Crippen LogP contribution in [-0.4, -0.2) is 29.4 Å². The van der Waals surface area contributed by atoms with E-state index in [1.54, 1.807) is 18.3 Å². The highest BCUT2D eigenvalue weighted by Crippen LogP contribution is 2.24. The van der Waals surface area contributed by atoms with E-state index in [9.17, 15) is 4.39 Å². The lowest BCUT2D eigenvalue weighted by atomic mass is 9.97. The summed E-state index contributed by atoms with van der Waals surface area (Å²) in [6.07, 6.45) is 4.93. The molecule has 0 aliphatic carbocycles. The van der Waals surface area contributed by atoms with Gasteiger partial charge in [-0.05, 0) is 44.1 Å². The first kappa shape index (κ1) is 18.0. The largest absolute Gasteiger partial charge is 0.484 e. The zero-order valence-electron chi connectivity index (χ0n) is 14.3. The molecule has 26 heavy (non-hydrogen) atoms. The molecule has 8 nitrogen and oxygen atoms in total. The van der Waals surface area contributed by atoms with Gasteiger partial charge in [-0.3, -0.25) is 5.01 Å². The molecule has 0 radical (unpaired) electrons. The van der Waals surface area contributed by atoms with Crippen molar-refractivity contribution in [3.8, 4) is 5.75 Å². The molecule has 0 spiro atoms. The van der Waals surface area contributed by atoms with Crippen molar-refractivity contribution in [1.29, 1.82) is 0 Å². The average molecular weight is 359 g/mol. The van der Waals surface area contributed by atoms with Gasteiger partial charge in [0, 0.05) is 18.2 Å².